The van der Waals surface area contributed by atoms with Crippen molar-refractivity contribution in [3.63, 3.8) is 0 Å². The largest absolute Gasteiger partial charge is 0.456 e. The van der Waals surface area contributed by atoms with Gasteiger partial charge in [0.2, 0.25) is 0 Å². The monoisotopic (exact) mass is 705 g/mol. The van der Waals surface area contributed by atoms with Gasteiger partial charge in [0.05, 0.1) is 23.3 Å². The zero-order valence-corrected chi connectivity index (χ0v) is 30.7. The highest BCUT2D eigenvalue weighted by molar-refractivity contribution is 6.11. The first kappa shape index (κ1) is 33.1. The minimum absolute atomic E-state index is 0.0484. The second-order valence-electron chi connectivity index (χ2n) is 14.7. The van der Waals surface area contributed by atoms with Crippen LogP contribution in [0.3, 0.4) is 0 Å². The van der Waals surface area contributed by atoms with Crippen LogP contribution in [0.2, 0.25) is 0 Å². The van der Waals surface area contributed by atoms with Crippen molar-refractivity contribution in [1.29, 1.82) is 0 Å². The van der Waals surface area contributed by atoms with Crippen LogP contribution < -0.4 is 9.64 Å². The van der Waals surface area contributed by atoms with Gasteiger partial charge in [-0.05, 0) is 53.4 Å². The molecule has 1 aliphatic heterocycles. The van der Waals surface area contributed by atoms with Crippen LogP contribution in [0, 0.1) is 0 Å². The molecule has 8 heteroatoms. The van der Waals surface area contributed by atoms with Crippen molar-refractivity contribution >= 4 is 27.5 Å². The smallest absolute Gasteiger partial charge is 0.167 e. The van der Waals surface area contributed by atoms with E-state index in [2.05, 4.69) is 97.1 Å². The molecule has 5 aromatic carbocycles. The minimum Gasteiger partial charge on any atom is -0.456 e. The molecule has 0 fully saturated rings. The lowest BCUT2D eigenvalue weighted by molar-refractivity contribution is 0.482. The molecule has 0 amide bonds. The number of benzene rings is 5. The zero-order chi connectivity index (χ0) is 36.8. The van der Waals surface area contributed by atoms with Crippen LogP contribution in [-0.4, -0.2) is 43.1 Å². The van der Waals surface area contributed by atoms with Crippen molar-refractivity contribution in [3.05, 3.63) is 158 Å². The molecule has 0 saturated heterocycles. The van der Waals surface area contributed by atoms with E-state index in [0.717, 1.165) is 56.7 Å². The van der Waals surface area contributed by atoms with Gasteiger partial charge in [-0.2, -0.15) is 0 Å². The van der Waals surface area contributed by atoms with Crippen molar-refractivity contribution in [1.82, 2.24) is 29.4 Å². The van der Waals surface area contributed by atoms with E-state index in [0.29, 0.717) is 29.0 Å². The highest BCUT2D eigenvalue weighted by Gasteiger charge is 2.23. The number of anilines is 1. The van der Waals surface area contributed by atoms with Gasteiger partial charge in [-0.1, -0.05) is 99.6 Å². The van der Waals surface area contributed by atoms with E-state index in [-0.39, 0.29) is 5.41 Å². The molecule has 264 valence electrons. The number of ether oxygens (including phenoxy) is 1. The molecule has 0 unspecified atom stereocenters. The lowest BCUT2D eigenvalue weighted by atomic mass is 9.86. The minimum atomic E-state index is -0.0484. The van der Waals surface area contributed by atoms with Gasteiger partial charge in [-0.15, -0.1) is 0 Å². The highest BCUT2D eigenvalue weighted by atomic mass is 16.5. The third kappa shape index (κ3) is 6.21. The summed E-state index contributed by atoms with van der Waals surface area (Å²) >= 11 is 0. The first-order valence-corrected chi connectivity index (χ1v) is 18.1. The average Bonchev–Trinajstić information content (AvgIpc) is 3.78. The Labute approximate surface area is 314 Å². The molecular weight excluding hydrogens is 667 g/mol. The fraction of sp³-hybridized carbons (Fsp3) is 0.130. The molecule has 0 atom stereocenters. The molecule has 0 spiro atoms. The molecule has 4 heterocycles. The first-order valence-electron chi connectivity index (χ1n) is 18.1. The van der Waals surface area contributed by atoms with Gasteiger partial charge in [0.25, 0.3) is 0 Å². The standard InChI is InChI=1S/C46H39N7O/c1-46(2,3)33-21-22-39-36(26-33)37-28-38(45-49-43(31-14-7-5-8-15-31)48-44(50-45)32-16-9-6-10-17-32)41(29-40(37)53(39)42-20-11-12-23-47-42)54-35-19-13-18-34(27-35)52-25-24-51(4)30-52/h5-29H,30H2,1-4H3. The Hall–Kier alpha value is -6.80. The van der Waals surface area contributed by atoms with Gasteiger partial charge in [0.1, 0.15) is 17.3 Å². The Morgan fingerprint density at radius 3 is 1.94 bits per heavy atom. The Kier molecular flexibility index (Phi) is 8.15. The van der Waals surface area contributed by atoms with E-state index < -0.39 is 0 Å². The van der Waals surface area contributed by atoms with Crippen LogP contribution in [0.4, 0.5) is 5.69 Å². The molecule has 0 saturated carbocycles. The number of rotatable bonds is 7. The Morgan fingerprint density at radius 1 is 0.611 bits per heavy atom. The summed E-state index contributed by atoms with van der Waals surface area (Å²) in [6.07, 6.45) is 5.98. The summed E-state index contributed by atoms with van der Waals surface area (Å²) in [5, 5.41) is 2.16. The van der Waals surface area contributed by atoms with E-state index in [1.54, 1.807) is 0 Å². The van der Waals surface area contributed by atoms with Gasteiger partial charge < -0.3 is 14.5 Å². The van der Waals surface area contributed by atoms with E-state index >= 15 is 0 Å². The quantitative estimate of drug-likeness (QED) is 0.163. The van der Waals surface area contributed by atoms with Crippen LogP contribution in [0.5, 0.6) is 11.5 Å². The van der Waals surface area contributed by atoms with Crippen molar-refractivity contribution in [2.45, 2.75) is 26.2 Å². The second-order valence-corrected chi connectivity index (χ2v) is 14.7. The third-order valence-electron chi connectivity index (χ3n) is 9.80. The molecule has 8 nitrogen and oxygen atoms in total. The van der Waals surface area contributed by atoms with E-state index in [4.69, 9.17) is 24.7 Å². The highest BCUT2D eigenvalue weighted by Crippen LogP contribution is 2.43. The summed E-state index contributed by atoms with van der Waals surface area (Å²) < 4.78 is 9.17. The second kappa shape index (κ2) is 13.3. The topological polar surface area (TPSA) is 72.2 Å². The average molecular weight is 706 g/mol. The summed E-state index contributed by atoms with van der Waals surface area (Å²) in [6.45, 7) is 7.49. The van der Waals surface area contributed by atoms with Gasteiger partial charge in [-0.3, -0.25) is 4.57 Å². The van der Waals surface area contributed by atoms with Gasteiger partial charge >= 0.3 is 0 Å². The van der Waals surface area contributed by atoms with Crippen LogP contribution in [0.15, 0.2) is 152 Å². The fourth-order valence-corrected chi connectivity index (χ4v) is 6.98. The molecule has 3 aromatic heterocycles. The Morgan fingerprint density at radius 2 is 1.30 bits per heavy atom. The van der Waals surface area contributed by atoms with E-state index in [9.17, 15) is 0 Å². The predicted molar refractivity (Wildman–Crippen MR) is 218 cm³/mol. The summed E-state index contributed by atoms with van der Waals surface area (Å²) in [6, 6.07) is 45.3. The summed E-state index contributed by atoms with van der Waals surface area (Å²) in [5.41, 5.74) is 6.81. The first-order chi connectivity index (χ1) is 26.3. The van der Waals surface area contributed by atoms with Crippen LogP contribution in [-0.2, 0) is 5.41 Å². The lowest BCUT2D eigenvalue weighted by Crippen LogP contribution is -2.21. The Balaban J connectivity index is 1.32. The summed E-state index contributed by atoms with van der Waals surface area (Å²) in [4.78, 5) is 24.4. The van der Waals surface area contributed by atoms with Gasteiger partial charge in [0, 0.05) is 65.4 Å². The number of nitrogens with zero attached hydrogens (tertiary/aromatic N) is 7. The maximum atomic E-state index is 6.96. The number of fused-ring (bicyclic) bond motifs is 3. The molecular formula is C46H39N7O. The molecule has 0 radical (unpaired) electrons. The number of hydrogen-bond acceptors (Lipinski definition) is 7. The number of pyridine rings is 1. The molecule has 0 bridgehead atoms. The van der Waals surface area contributed by atoms with Crippen LogP contribution in [0.25, 0.3) is 61.8 Å². The maximum Gasteiger partial charge on any atom is 0.167 e. The molecule has 54 heavy (non-hydrogen) atoms. The third-order valence-corrected chi connectivity index (χ3v) is 9.80. The zero-order valence-electron chi connectivity index (χ0n) is 30.7. The van der Waals surface area contributed by atoms with Gasteiger partial charge in [0.15, 0.2) is 17.5 Å². The van der Waals surface area contributed by atoms with Gasteiger partial charge in [-0.25, -0.2) is 19.9 Å². The molecule has 1 aliphatic rings. The van der Waals surface area contributed by atoms with E-state index in [1.807, 2.05) is 97.2 Å². The van der Waals surface area contributed by atoms with Crippen LogP contribution in [0.1, 0.15) is 26.3 Å². The molecule has 0 aliphatic carbocycles. The summed E-state index contributed by atoms with van der Waals surface area (Å²) in [7, 11) is 2.06. The van der Waals surface area contributed by atoms with Crippen molar-refractivity contribution in [2.75, 3.05) is 18.6 Å². The predicted octanol–water partition coefficient (Wildman–Crippen LogP) is 10.6. The van der Waals surface area contributed by atoms with Crippen molar-refractivity contribution in [2.24, 2.45) is 0 Å². The van der Waals surface area contributed by atoms with E-state index in [1.165, 1.54) is 5.56 Å². The van der Waals surface area contributed by atoms with Crippen LogP contribution >= 0.6 is 0 Å². The van der Waals surface area contributed by atoms with Crippen molar-refractivity contribution in [3.8, 4) is 51.5 Å². The fourth-order valence-electron chi connectivity index (χ4n) is 6.98. The van der Waals surface area contributed by atoms with Crippen molar-refractivity contribution < 1.29 is 4.74 Å². The molecule has 0 N–H and O–H groups in total. The summed E-state index contributed by atoms with van der Waals surface area (Å²) in [5.74, 6) is 3.84. The number of hydrogen-bond donors (Lipinski definition) is 0. The SMILES string of the molecule is CN1C=CN(c2cccc(Oc3cc4c(cc3-c3nc(-c5ccccc5)nc(-c5ccccc5)n3)c3cc(C(C)(C)C)ccc3n4-c3ccccn3)c2)C1. The lowest BCUT2D eigenvalue weighted by Gasteiger charge is -2.19. The maximum absolute atomic E-state index is 6.96. The molecule has 8 aromatic rings. The number of aromatic nitrogens is 5. The Bertz CT molecular complexity index is 2610. The normalized spacial score (nSPS) is 13.0. The molecule has 9 rings (SSSR count).